The number of hydrogen-bond donors (Lipinski definition) is 1. The molecule has 1 aromatic heterocycles. The first-order valence-corrected chi connectivity index (χ1v) is 6.39. The Labute approximate surface area is 118 Å². The van der Waals surface area contributed by atoms with Crippen LogP contribution in [0.4, 0.5) is 0 Å². The lowest BCUT2D eigenvalue weighted by atomic mass is 9.89. The normalized spacial score (nSPS) is 13.3. The summed E-state index contributed by atoms with van der Waals surface area (Å²) in [5, 5.41) is 19.5. The smallest absolute Gasteiger partial charge is 0.137 e. The largest absolute Gasteiger partial charge is 0.492 e. The summed E-state index contributed by atoms with van der Waals surface area (Å²) in [7, 11) is 0. The minimum absolute atomic E-state index is 0.546. The summed E-state index contributed by atoms with van der Waals surface area (Å²) in [5.74, 6) is 0.624. The van der Waals surface area contributed by atoms with E-state index >= 15 is 0 Å². The average Bonchev–Trinajstić information content (AvgIpc) is 2.48. The van der Waals surface area contributed by atoms with Crippen LogP contribution in [-0.2, 0) is 5.60 Å². The molecule has 2 aromatic rings. The van der Waals surface area contributed by atoms with Crippen molar-refractivity contribution in [2.75, 3.05) is 6.61 Å². The summed E-state index contributed by atoms with van der Waals surface area (Å²) in [6, 6.07) is 10.7. The fraction of sp³-hybridized carbons (Fsp3) is 0.250. The van der Waals surface area contributed by atoms with E-state index in [0.29, 0.717) is 29.0 Å². The maximum Gasteiger partial charge on any atom is 0.137 e. The van der Waals surface area contributed by atoms with Gasteiger partial charge in [0.2, 0.25) is 0 Å². The first-order chi connectivity index (χ1) is 9.57. The van der Waals surface area contributed by atoms with Crippen molar-refractivity contribution in [3.05, 3.63) is 59.4 Å². The Bertz CT molecular complexity index is 628. The maximum atomic E-state index is 10.7. The number of aliphatic hydroxyl groups is 1. The second-order valence-electron chi connectivity index (χ2n) is 4.60. The summed E-state index contributed by atoms with van der Waals surface area (Å²) in [6.07, 6.45) is 3.22. The fourth-order valence-corrected chi connectivity index (χ4v) is 1.97. The van der Waals surface area contributed by atoms with E-state index in [9.17, 15) is 5.11 Å². The number of ether oxygens (including phenoxy) is 1. The first kappa shape index (κ1) is 14.0. The third-order valence-corrected chi connectivity index (χ3v) is 3.16. The third-order valence-electron chi connectivity index (χ3n) is 3.16. The van der Waals surface area contributed by atoms with Crippen LogP contribution in [0.25, 0.3) is 0 Å². The molecule has 1 heterocycles. The summed E-state index contributed by atoms with van der Waals surface area (Å²) < 4.78 is 5.40. The van der Waals surface area contributed by atoms with Gasteiger partial charge in [-0.05, 0) is 37.6 Å². The Morgan fingerprint density at radius 1 is 1.25 bits per heavy atom. The van der Waals surface area contributed by atoms with Gasteiger partial charge in [-0.1, -0.05) is 12.1 Å². The summed E-state index contributed by atoms with van der Waals surface area (Å²) in [4.78, 5) is 4.09. The van der Waals surface area contributed by atoms with E-state index in [-0.39, 0.29) is 0 Å². The van der Waals surface area contributed by atoms with Crippen LogP contribution in [0.1, 0.15) is 30.5 Å². The van der Waals surface area contributed by atoms with Gasteiger partial charge in [0.15, 0.2) is 0 Å². The minimum atomic E-state index is -1.19. The van der Waals surface area contributed by atoms with Crippen molar-refractivity contribution in [1.82, 2.24) is 4.98 Å². The molecule has 0 saturated carbocycles. The molecule has 4 nitrogen and oxygen atoms in total. The quantitative estimate of drug-likeness (QED) is 0.925. The van der Waals surface area contributed by atoms with E-state index in [2.05, 4.69) is 11.1 Å². The van der Waals surface area contributed by atoms with E-state index in [0.717, 1.165) is 0 Å². The standard InChI is InChI=1S/C16H16N2O2/c1-3-20-15-8-14(10-18-11-15)16(2,19)13-6-4-12(9-17)5-7-13/h4-8,10-11,19H,3H2,1-2H3. The molecule has 102 valence electrons. The van der Waals surface area contributed by atoms with Crippen LogP contribution in [-0.4, -0.2) is 16.7 Å². The predicted octanol–water partition coefficient (Wildman–Crippen LogP) is 2.61. The van der Waals surface area contributed by atoms with Crippen molar-refractivity contribution in [3.8, 4) is 11.8 Å². The number of nitrogens with zero attached hydrogens (tertiary/aromatic N) is 2. The lowest BCUT2D eigenvalue weighted by molar-refractivity contribution is 0.101. The molecular formula is C16H16N2O2. The van der Waals surface area contributed by atoms with Crippen molar-refractivity contribution >= 4 is 0 Å². The van der Waals surface area contributed by atoms with Gasteiger partial charge in [0.1, 0.15) is 11.4 Å². The molecule has 1 N–H and O–H groups in total. The Morgan fingerprint density at radius 2 is 1.95 bits per heavy atom. The van der Waals surface area contributed by atoms with Crippen molar-refractivity contribution in [2.45, 2.75) is 19.4 Å². The highest BCUT2D eigenvalue weighted by molar-refractivity contribution is 5.40. The van der Waals surface area contributed by atoms with Gasteiger partial charge in [-0.2, -0.15) is 5.26 Å². The molecule has 0 saturated heterocycles. The van der Waals surface area contributed by atoms with E-state index in [1.54, 1.807) is 49.6 Å². The molecule has 1 aromatic carbocycles. The maximum absolute atomic E-state index is 10.7. The van der Waals surface area contributed by atoms with E-state index < -0.39 is 5.60 Å². The number of pyridine rings is 1. The molecule has 0 amide bonds. The highest BCUT2D eigenvalue weighted by atomic mass is 16.5. The molecule has 2 rings (SSSR count). The Kier molecular flexibility index (Phi) is 4.02. The number of hydrogen-bond acceptors (Lipinski definition) is 4. The topological polar surface area (TPSA) is 66.1 Å². The van der Waals surface area contributed by atoms with Crippen LogP contribution in [0.5, 0.6) is 5.75 Å². The lowest BCUT2D eigenvalue weighted by Gasteiger charge is -2.24. The molecule has 1 unspecified atom stereocenters. The van der Waals surface area contributed by atoms with E-state index in [4.69, 9.17) is 10.00 Å². The Hall–Kier alpha value is -2.38. The zero-order valence-electron chi connectivity index (χ0n) is 11.5. The van der Waals surface area contributed by atoms with Gasteiger partial charge in [0.05, 0.1) is 24.4 Å². The second-order valence-corrected chi connectivity index (χ2v) is 4.60. The third kappa shape index (κ3) is 2.79. The Morgan fingerprint density at radius 3 is 2.55 bits per heavy atom. The fourth-order valence-electron chi connectivity index (χ4n) is 1.97. The predicted molar refractivity (Wildman–Crippen MR) is 75.2 cm³/mol. The molecule has 0 spiro atoms. The lowest BCUT2D eigenvalue weighted by Crippen LogP contribution is -2.23. The molecular weight excluding hydrogens is 252 g/mol. The summed E-state index contributed by atoms with van der Waals surface area (Å²) in [5.41, 5.74) is 0.722. The molecule has 1 atom stereocenters. The van der Waals surface area contributed by atoms with E-state index in [1.807, 2.05) is 6.92 Å². The monoisotopic (exact) mass is 268 g/mol. The van der Waals surface area contributed by atoms with Crippen LogP contribution < -0.4 is 4.74 Å². The zero-order chi connectivity index (χ0) is 14.6. The van der Waals surface area contributed by atoms with Gasteiger partial charge < -0.3 is 9.84 Å². The molecule has 0 aliphatic carbocycles. The number of nitriles is 1. The summed E-state index contributed by atoms with van der Waals surface area (Å²) in [6.45, 7) is 4.14. The van der Waals surface area contributed by atoms with Crippen molar-refractivity contribution in [3.63, 3.8) is 0 Å². The highest BCUT2D eigenvalue weighted by Gasteiger charge is 2.26. The molecule has 20 heavy (non-hydrogen) atoms. The van der Waals surface area contributed by atoms with Crippen molar-refractivity contribution in [2.24, 2.45) is 0 Å². The Balaban J connectivity index is 2.37. The highest BCUT2D eigenvalue weighted by Crippen LogP contribution is 2.30. The van der Waals surface area contributed by atoms with Gasteiger partial charge in [0.25, 0.3) is 0 Å². The molecule has 0 aliphatic rings. The van der Waals surface area contributed by atoms with Crippen molar-refractivity contribution < 1.29 is 9.84 Å². The van der Waals surface area contributed by atoms with Crippen LogP contribution in [0.15, 0.2) is 42.7 Å². The molecule has 0 bridgehead atoms. The zero-order valence-corrected chi connectivity index (χ0v) is 11.5. The SMILES string of the molecule is CCOc1cncc(C(C)(O)c2ccc(C#N)cc2)c1. The number of rotatable bonds is 4. The number of aromatic nitrogens is 1. The van der Waals surface area contributed by atoms with Crippen LogP contribution in [0.2, 0.25) is 0 Å². The van der Waals surface area contributed by atoms with Crippen molar-refractivity contribution in [1.29, 1.82) is 5.26 Å². The van der Waals surface area contributed by atoms with E-state index in [1.165, 1.54) is 0 Å². The van der Waals surface area contributed by atoms with Crippen LogP contribution in [0, 0.1) is 11.3 Å². The minimum Gasteiger partial charge on any atom is -0.492 e. The van der Waals surface area contributed by atoms with Crippen LogP contribution in [0.3, 0.4) is 0 Å². The van der Waals surface area contributed by atoms with Gasteiger partial charge in [-0.25, -0.2) is 0 Å². The molecule has 4 heteroatoms. The summed E-state index contributed by atoms with van der Waals surface area (Å²) >= 11 is 0. The molecule has 0 fully saturated rings. The molecule has 0 radical (unpaired) electrons. The van der Waals surface area contributed by atoms with Crippen LogP contribution >= 0.6 is 0 Å². The second kappa shape index (κ2) is 5.72. The first-order valence-electron chi connectivity index (χ1n) is 6.39. The number of benzene rings is 1. The van der Waals surface area contributed by atoms with Gasteiger partial charge >= 0.3 is 0 Å². The average molecular weight is 268 g/mol. The van der Waals surface area contributed by atoms with Gasteiger partial charge in [-0.3, -0.25) is 4.98 Å². The van der Waals surface area contributed by atoms with Gasteiger partial charge in [-0.15, -0.1) is 0 Å². The molecule has 0 aliphatic heterocycles. The van der Waals surface area contributed by atoms with Gasteiger partial charge in [0, 0.05) is 11.8 Å².